The monoisotopic (exact) mass is 291 g/mol. The van der Waals surface area contributed by atoms with E-state index in [2.05, 4.69) is 5.43 Å². The van der Waals surface area contributed by atoms with E-state index in [1.807, 2.05) is 4.90 Å². The van der Waals surface area contributed by atoms with Gasteiger partial charge in [-0.2, -0.15) is 0 Å². The molecule has 0 radical (unpaired) electrons. The Morgan fingerprint density at radius 2 is 1.25 bits per heavy atom. The summed E-state index contributed by atoms with van der Waals surface area (Å²) >= 11 is 0. The lowest BCUT2D eigenvalue weighted by Gasteiger charge is -2.21. The van der Waals surface area contributed by atoms with Gasteiger partial charge >= 0.3 is 0 Å². The smallest absolute Gasteiger partial charge is 0.248 e. The van der Waals surface area contributed by atoms with Gasteiger partial charge in [-0.25, -0.2) is 5.84 Å². The molecule has 118 valence electrons. The number of hydrazine groups is 1. The molecule has 0 atom stereocenters. The molecule has 0 bridgehead atoms. The van der Waals surface area contributed by atoms with Gasteiger partial charge in [0.05, 0.1) is 59.4 Å². The summed E-state index contributed by atoms with van der Waals surface area (Å²) < 4.78 is 21.6. The second-order valence-electron chi connectivity index (χ2n) is 4.29. The van der Waals surface area contributed by atoms with E-state index in [9.17, 15) is 4.79 Å². The molecule has 1 heterocycles. The summed E-state index contributed by atoms with van der Waals surface area (Å²) in [5, 5.41) is 0. The van der Waals surface area contributed by atoms with Crippen LogP contribution in [0.2, 0.25) is 0 Å². The summed E-state index contributed by atoms with van der Waals surface area (Å²) in [5.74, 6) is 4.87. The van der Waals surface area contributed by atoms with Crippen molar-refractivity contribution in [3.63, 3.8) is 0 Å². The summed E-state index contributed by atoms with van der Waals surface area (Å²) in [7, 11) is 0. The van der Waals surface area contributed by atoms with Crippen molar-refractivity contribution in [2.24, 2.45) is 5.84 Å². The molecule has 0 aromatic heterocycles. The molecule has 8 heteroatoms. The highest BCUT2D eigenvalue weighted by atomic mass is 16.6. The largest absolute Gasteiger partial charge is 0.378 e. The Morgan fingerprint density at radius 1 is 0.850 bits per heavy atom. The van der Waals surface area contributed by atoms with Gasteiger partial charge < -0.3 is 18.9 Å². The average Bonchev–Trinajstić information content (AvgIpc) is 2.47. The molecule has 0 unspecified atom stereocenters. The van der Waals surface area contributed by atoms with Crippen LogP contribution >= 0.6 is 0 Å². The Bertz CT molecular complexity index is 239. The lowest BCUT2D eigenvalue weighted by atomic mass is 10.4. The Hall–Kier alpha value is -0.770. The molecule has 8 nitrogen and oxygen atoms in total. The van der Waals surface area contributed by atoms with Gasteiger partial charge in [0.1, 0.15) is 0 Å². The first-order valence-electron chi connectivity index (χ1n) is 6.85. The third kappa shape index (κ3) is 9.18. The molecule has 1 aliphatic heterocycles. The summed E-state index contributed by atoms with van der Waals surface area (Å²) in [4.78, 5) is 13.2. The number of ether oxygens (including phenoxy) is 4. The van der Waals surface area contributed by atoms with Crippen molar-refractivity contribution in [3.8, 4) is 0 Å². The Balaban J connectivity index is 2.30. The zero-order valence-electron chi connectivity index (χ0n) is 11.8. The Labute approximate surface area is 119 Å². The molecule has 1 saturated heterocycles. The van der Waals surface area contributed by atoms with Crippen LogP contribution in [0, 0.1) is 0 Å². The van der Waals surface area contributed by atoms with E-state index in [0.29, 0.717) is 65.9 Å². The van der Waals surface area contributed by atoms with E-state index in [0.717, 1.165) is 0 Å². The minimum atomic E-state index is -0.227. The zero-order chi connectivity index (χ0) is 14.5. The third-order valence-corrected chi connectivity index (χ3v) is 2.75. The van der Waals surface area contributed by atoms with Gasteiger partial charge in [0.15, 0.2) is 0 Å². The first kappa shape index (κ1) is 17.3. The Morgan fingerprint density at radius 3 is 1.65 bits per heavy atom. The maximum absolute atomic E-state index is 11.3. The van der Waals surface area contributed by atoms with Gasteiger partial charge in [-0.15, -0.1) is 0 Å². The van der Waals surface area contributed by atoms with Crippen molar-refractivity contribution >= 4 is 5.91 Å². The van der Waals surface area contributed by atoms with E-state index in [-0.39, 0.29) is 12.5 Å². The lowest BCUT2D eigenvalue weighted by Crippen LogP contribution is -2.42. The van der Waals surface area contributed by atoms with Crippen molar-refractivity contribution in [2.45, 2.75) is 0 Å². The maximum atomic E-state index is 11.3. The lowest BCUT2D eigenvalue weighted by molar-refractivity contribution is -0.122. The normalized spacial score (nSPS) is 21.6. The highest BCUT2D eigenvalue weighted by Crippen LogP contribution is 1.92. The van der Waals surface area contributed by atoms with Crippen molar-refractivity contribution in [1.82, 2.24) is 10.3 Å². The number of carbonyl (C=O) groups is 1. The molecule has 0 saturated carbocycles. The van der Waals surface area contributed by atoms with Crippen LogP contribution in [0.3, 0.4) is 0 Å². The first-order valence-corrected chi connectivity index (χ1v) is 6.85. The number of nitrogens with zero attached hydrogens (tertiary/aromatic N) is 1. The highest BCUT2D eigenvalue weighted by molar-refractivity contribution is 5.77. The first-order chi connectivity index (χ1) is 9.83. The molecule has 0 spiro atoms. The van der Waals surface area contributed by atoms with Crippen LogP contribution in [-0.4, -0.2) is 83.3 Å². The minimum absolute atomic E-state index is 0.227. The molecular weight excluding hydrogens is 266 g/mol. The summed E-state index contributed by atoms with van der Waals surface area (Å²) in [6.07, 6.45) is 0. The summed E-state index contributed by atoms with van der Waals surface area (Å²) in [6.45, 7) is 5.89. The molecule has 0 aliphatic carbocycles. The van der Waals surface area contributed by atoms with Crippen LogP contribution in [0.5, 0.6) is 0 Å². The molecule has 0 aromatic carbocycles. The topological polar surface area (TPSA) is 95.3 Å². The van der Waals surface area contributed by atoms with Gasteiger partial charge in [0.25, 0.3) is 0 Å². The Kier molecular flexibility index (Phi) is 10.4. The number of hydrogen-bond acceptors (Lipinski definition) is 7. The van der Waals surface area contributed by atoms with Crippen LogP contribution < -0.4 is 11.3 Å². The molecule has 0 aromatic rings. The highest BCUT2D eigenvalue weighted by Gasteiger charge is 2.09. The van der Waals surface area contributed by atoms with Crippen LogP contribution in [0.25, 0.3) is 0 Å². The van der Waals surface area contributed by atoms with Crippen LogP contribution in [0.1, 0.15) is 0 Å². The summed E-state index contributed by atoms with van der Waals surface area (Å²) in [5.41, 5.74) is 2.12. The van der Waals surface area contributed by atoms with E-state index in [1.165, 1.54) is 0 Å². The zero-order valence-corrected chi connectivity index (χ0v) is 11.8. The number of nitrogens with one attached hydrogen (secondary N) is 1. The SMILES string of the molecule is NNC(=O)CN1CCOCCOCCOCCOCC1. The third-order valence-electron chi connectivity index (χ3n) is 2.75. The summed E-state index contributed by atoms with van der Waals surface area (Å²) in [6, 6.07) is 0. The van der Waals surface area contributed by atoms with E-state index in [1.54, 1.807) is 0 Å². The van der Waals surface area contributed by atoms with Crippen molar-refractivity contribution < 1.29 is 23.7 Å². The molecule has 1 fully saturated rings. The minimum Gasteiger partial charge on any atom is -0.378 e. The van der Waals surface area contributed by atoms with Crippen molar-refractivity contribution in [3.05, 3.63) is 0 Å². The van der Waals surface area contributed by atoms with E-state index in [4.69, 9.17) is 24.8 Å². The van der Waals surface area contributed by atoms with Gasteiger partial charge in [0.2, 0.25) is 5.91 Å². The molecular formula is C12H25N3O5. The molecule has 1 amide bonds. The quantitative estimate of drug-likeness (QED) is 0.358. The fourth-order valence-electron chi connectivity index (χ4n) is 1.67. The predicted octanol–water partition coefficient (Wildman–Crippen LogP) is -1.64. The number of nitrogens with two attached hydrogens (primary N) is 1. The van der Waals surface area contributed by atoms with Crippen molar-refractivity contribution in [1.29, 1.82) is 0 Å². The number of rotatable bonds is 2. The fraction of sp³-hybridized carbons (Fsp3) is 0.917. The fourth-order valence-corrected chi connectivity index (χ4v) is 1.67. The molecule has 20 heavy (non-hydrogen) atoms. The van der Waals surface area contributed by atoms with Crippen LogP contribution in [0.15, 0.2) is 0 Å². The number of hydrogen-bond donors (Lipinski definition) is 2. The molecule has 1 rings (SSSR count). The van der Waals surface area contributed by atoms with E-state index >= 15 is 0 Å². The van der Waals surface area contributed by atoms with Gasteiger partial charge in [-0.1, -0.05) is 0 Å². The second kappa shape index (κ2) is 12.0. The van der Waals surface area contributed by atoms with Gasteiger partial charge in [-0.05, 0) is 0 Å². The standard InChI is InChI=1S/C12H25N3O5/c13-14-12(16)11-15-1-3-17-5-7-19-9-10-20-8-6-18-4-2-15/h1-11,13H2,(H,14,16). The number of amides is 1. The maximum Gasteiger partial charge on any atom is 0.248 e. The average molecular weight is 291 g/mol. The van der Waals surface area contributed by atoms with Gasteiger partial charge in [-0.3, -0.25) is 15.1 Å². The predicted molar refractivity (Wildman–Crippen MR) is 72.0 cm³/mol. The molecule has 3 N–H and O–H groups in total. The second-order valence-corrected chi connectivity index (χ2v) is 4.29. The van der Waals surface area contributed by atoms with Gasteiger partial charge in [0, 0.05) is 13.1 Å². The van der Waals surface area contributed by atoms with Crippen LogP contribution in [-0.2, 0) is 23.7 Å². The van der Waals surface area contributed by atoms with Crippen molar-refractivity contribution in [2.75, 3.05) is 72.5 Å². The number of carbonyl (C=O) groups excluding carboxylic acids is 1. The van der Waals surface area contributed by atoms with E-state index < -0.39 is 0 Å². The molecule has 1 aliphatic rings. The van der Waals surface area contributed by atoms with Crippen LogP contribution in [0.4, 0.5) is 0 Å².